The zero-order chi connectivity index (χ0) is 16.0. The number of nitrogens with one attached hydrogen (secondary N) is 2. The van der Waals surface area contributed by atoms with Crippen LogP contribution in [0, 0.1) is 29.6 Å². The van der Waals surface area contributed by atoms with Gasteiger partial charge in [-0.05, 0) is 74.0 Å². The predicted octanol–water partition coefficient (Wildman–Crippen LogP) is 3.06. The van der Waals surface area contributed by atoms with Gasteiger partial charge in [0, 0.05) is 24.2 Å². The van der Waals surface area contributed by atoms with Crippen LogP contribution in [0.4, 0.5) is 5.69 Å². The van der Waals surface area contributed by atoms with Gasteiger partial charge >= 0.3 is 0 Å². The van der Waals surface area contributed by atoms with Gasteiger partial charge in [-0.2, -0.15) is 0 Å². The van der Waals surface area contributed by atoms with E-state index in [0.29, 0.717) is 17.4 Å². The molecule has 4 nitrogen and oxygen atoms in total. The van der Waals surface area contributed by atoms with Gasteiger partial charge in [0.05, 0.1) is 0 Å². The molecule has 2 amide bonds. The van der Waals surface area contributed by atoms with Crippen LogP contribution in [0.25, 0.3) is 0 Å². The Bertz CT molecular complexity index is 612. The summed E-state index contributed by atoms with van der Waals surface area (Å²) in [6.45, 7) is 0. The van der Waals surface area contributed by atoms with E-state index in [4.69, 9.17) is 0 Å². The predicted molar refractivity (Wildman–Crippen MR) is 89.0 cm³/mol. The number of hydrogen-bond donors (Lipinski definition) is 2. The van der Waals surface area contributed by atoms with Gasteiger partial charge in [0.1, 0.15) is 0 Å². The highest BCUT2D eigenvalue weighted by Gasteiger charge is 2.50. The highest BCUT2D eigenvalue weighted by Crippen LogP contribution is 2.56. The summed E-state index contributed by atoms with van der Waals surface area (Å²) < 4.78 is 0. The molecule has 0 atom stereocenters. The average molecular weight is 312 g/mol. The molecule has 4 saturated carbocycles. The van der Waals surface area contributed by atoms with Crippen molar-refractivity contribution < 1.29 is 9.59 Å². The Kier molecular flexibility index (Phi) is 3.63. The molecule has 0 aliphatic heterocycles. The Hall–Kier alpha value is -1.84. The van der Waals surface area contributed by atoms with Crippen molar-refractivity contribution in [2.45, 2.75) is 32.1 Å². The molecule has 0 heterocycles. The van der Waals surface area contributed by atoms with Crippen LogP contribution in [0.1, 0.15) is 42.5 Å². The second kappa shape index (κ2) is 5.66. The Morgan fingerprint density at radius 3 is 2.26 bits per heavy atom. The van der Waals surface area contributed by atoms with Gasteiger partial charge in [0.25, 0.3) is 5.91 Å². The minimum Gasteiger partial charge on any atom is -0.355 e. The number of carbonyl (C=O) groups is 2. The van der Waals surface area contributed by atoms with E-state index in [1.54, 1.807) is 19.2 Å². The molecule has 4 aliphatic carbocycles. The summed E-state index contributed by atoms with van der Waals surface area (Å²) >= 11 is 0. The number of rotatable bonds is 3. The normalized spacial score (nSPS) is 34.2. The lowest BCUT2D eigenvalue weighted by Gasteiger charge is -2.53. The molecule has 23 heavy (non-hydrogen) atoms. The number of hydrogen-bond acceptors (Lipinski definition) is 2. The number of benzene rings is 1. The molecule has 0 aromatic heterocycles. The molecule has 122 valence electrons. The second-order valence-electron chi connectivity index (χ2n) is 7.61. The van der Waals surface area contributed by atoms with Crippen molar-refractivity contribution in [3.05, 3.63) is 29.8 Å². The fourth-order valence-electron chi connectivity index (χ4n) is 5.46. The first-order chi connectivity index (χ1) is 11.1. The van der Waals surface area contributed by atoms with Crippen LogP contribution < -0.4 is 10.6 Å². The quantitative estimate of drug-likeness (QED) is 0.901. The first kappa shape index (κ1) is 14.7. The Balaban J connectivity index is 1.49. The third kappa shape index (κ3) is 2.64. The Morgan fingerprint density at radius 2 is 1.65 bits per heavy atom. The monoisotopic (exact) mass is 312 g/mol. The van der Waals surface area contributed by atoms with Crippen molar-refractivity contribution in [2.75, 3.05) is 12.4 Å². The maximum atomic E-state index is 12.8. The minimum absolute atomic E-state index is 0.129. The molecule has 5 rings (SSSR count). The van der Waals surface area contributed by atoms with Crippen LogP contribution in [-0.2, 0) is 4.79 Å². The summed E-state index contributed by atoms with van der Waals surface area (Å²) in [6.07, 6.45) is 6.36. The minimum atomic E-state index is -0.129. The molecule has 0 radical (unpaired) electrons. The van der Waals surface area contributed by atoms with Gasteiger partial charge in [-0.3, -0.25) is 9.59 Å². The van der Waals surface area contributed by atoms with E-state index >= 15 is 0 Å². The Morgan fingerprint density at radius 1 is 1.00 bits per heavy atom. The van der Waals surface area contributed by atoms with Crippen molar-refractivity contribution in [1.29, 1.82) is 0 Å². The highest BCUT2D eigenvalue weighted by molar-refractivity contribution is 5.97. The van der Waals surface area contributed by atoms with E-state index in [2.05, 4.69) is 10.6 Å². The molecule has 2 N–H and O–H groups in total. The molecule has 1 aromatic rings. The van der Waals surface area contributed by atoms with E-state index in [-0.39, 0.29) is 17.7 Å². The third-order valence-electron chi connectivity index (χ3n) is 6.15. The van der Waals surface area contributed by atoms with Gasteiger partial charge < -0.3 is 10.6 Å². The summed E-state index contributed by atoms with van der Waals surface area (Å²) in [4.78, 5) is 24.6. The van der Waals surface area contributed by atoms with Crippen molar-refractivity contribution in [3.8, 4) is 0 Å². The zero-order valence-electron chi connectivity index (χ0n) is 13.5. The molecule has 4 heteroatoms. The molecule has 1 aromatic carbocycles. The van der Waals surface area contributed by atoms with E-state index in [1.165, 1.54) is 32.1 Å². The SMILES string of the molecule is CNC(=O)c1cccc(NC(=O)C2C3CC4CC(C3)CC2C4)c1. The molecular formula is C19H24N2O2. The first-order valence-electron chi connectivity index (χ1n) is 8.77. The van der Waals surface area contributed by atoms with Crippen LogP contribution in [0.5, 0.6) is 0 Å². The molecule has 0 unspecified atom stereocenters. The molecular weight excluding hydrogens is 288 g/mol. The number of amides is 2. The van der Waals surface area contributed by atoms with Crippen LogP contribution in [0.3, 0.4) is 0 Å². The van der Waals surface area contributed by atoms with Crippen molar-refractivity contribution in [1.82, 2.24) is 5.32 Å². The summed E-state index contributed by atoms with van der Waals surface area (Å²) in [7, 11) is 1.61. The number of carbonyl (C=O) groups excluding carboxylic acids is 2. The van der Waals surface area contributed by atoms with Gasteiger partial charge in [0.2, 0.25) is 5.91 Å². The van der Waals surface area contributed by atoms with Gasteiger partial charge in [-0.1, -0.05) is 6.07 Å². The van der Waals surface area contributed by atoms with Gasteiger partial charge in [-0.25, -0.2) is 0 Å². The third-order valence-corrected chi connectivity index (χ3v) is 6.15. The molecule has 4 bridgehead atoms. The summed E-state index contributed by atoms with van der Waals surface area (Å²) in [5.74, 6) is 3.10. The lowest BCUT2D eigenvalue weighted by Crippen LogP contribution is -2.49. The van der Waals surface area contributed by atoms with Gasteiger partial charge in [0.15, 0.2) is 0 Å². The summed E-state index contributed by atoms with van der Waals surface area (Å²) in [5, 5.41) is 5.69. The second-order valence-corrected chi connectivity index (χ2v) is 7.61. The van der Waals surface area contributed by atoms with Crippen molar-refractivity contribution >= 4 is 17.5 Å². The van der Waals surface area contributed by atoms with Crippen LogP contribution in [-0.4, -0.2) is 18.9 Å². The number of anilines is 1. The summed E-state index contributed by atoms with van der Waals surface area (Å²) in [6, 6.07) is 7.20. The highest BCUT2D eigenvalue weighted by atomic mass is 16.2. The lowest BCUT2D eigenvalue weighted by atomic mass is 9.51. The molecule has 4 fully saturated rings. The molecule has 0 saturated heterocycles. The van der Waals surface area contributed by atoms with Crippen LogP contribution in [0.2, 0.25) is 0 Å². The lowest BCUT2D eigenvalue weighted by molar-refractivity contribution is -0.132. The zero-order valence-corrected chi connectivity index (χ0v) is 13.5. The molecule has 0 spiro atoms. The van der Waals surface area contributed by atoms with Crippen LogP contribution in [0.15, 0.2) is 24.3 Å². The van der Waals surface area contributed by atoms with E-state index in [9.17, 15) is 9.59 Å². The average Bonchev–Trinajstić information content (AvgIpc) is 2.53. The van der Waals surface area contributed by atoms with Crippen molar-refractivity contribution in [3.63, 3.8) is 0 Å². The maximum Gasteiger partial charge on any atom is 0.251 e. The topological polar surface area (TPSA) is 58.2 Å². The van der Waals surface area contributed by atoms with E-state index < -0.39 is 0 Å². The van der Waals surface area contributed by atoms with E-state index in [0.717, 1.165) is 17.5 Å². The molecule has 4 aliphatic rings. The van der Waals surface area contributed by atoms with E-state index in [1.807, 2.05) is 12.1 Å². The summed E-state index contributed by atoms with van der Waals surface area (Å²) in [5.41, 5.74) is 1.31. The fourth-order valence-corrected chi connectivity index (χ4v) is 5.46. The van der Waals surface area contributed by atoms with Crippen LogP contribution >= 0.6 is 0 Å². The smallest absolute Gasteiger partial charge is 0.251 e. The maximum absolute atomic E-state index is 12.8. The van der Waals surface area contributed by atoms with Gasteiger partial charge in [-0.15, -0.1) is 0 Å². The largest absolute Gasteiger partial charge is 0.355 e. The Labute approximate surface area is 137 Å². The van der Waals surface area contributed by atoms with Crippen molar-refractivity contribution in [2.24, 2.45) is 29.6 Å². The fraction of sp³-hybridized carbons (Fsp3) is 0.579. The standard InChI is InChI=1S/C19H24N2O2/c1-20-18(22)13-3-2-4-16(10-13)21-19(23)17-14-6-11-5-12(8-14)9-15(17)7-11/h2-4,10-12,14-15,17H,5-9H2,1H3,(H,20,22)(H,21,23). The first-order valence-corrected chi connectivity index (χ1v) is 8.77.